The van der Waals surface area contributed by atoms with Crippen molar-refractivity contribution in [1.82, 2.24) is 0 Å². The Bertz CT molecular complexity index is 479. The number of aliphatic carboxylic acids is 1. The zero-order chi connectivity index (χ0) is 11.7. The van der Waals surface area contributed by atoms with Crippen LogP contribution in [0.5, 0.6) is 0 Å². The van der Waals surface area contributed by atoms with Crippen molar-refractivity contribution < 1.29 is 19.1 Å². The highest BCUT2D eigenvalue weighted by molar-refractivity contribution is 6.23. The van der Waals surface area contributed by atoms with E-state index in [1.165, 1.54) is 35.2 Å². The van der Waals surface area contributed by atoms with Gasteiger partial charge in [0, 0.05) is 12.2 Å². The molecular formula is C11H8FNO3. The Morgan fingerprint density at radius 3 is 2.44 bits per heavy atom. The number of anilines is 1. The summed E-state index contributed by atoms with van der Waals surface area (Å²) in [6.07, 6.45) is 1.34. The van der Waals surface area contributed by atoms with Gasteiger partial charge in [0.15, 0.2) is 0 Å². The van der Waals surface area contributed by atoms with Gasteiger partial charge in [0.1, 0.15) is 11.4 Å². The molecule has 0 saturated heterocycles. The first-order valence-corrected chi connectivity index (χ1v) is 4.60. The van der Waals surface area contributed by atoms with Gasteiger partial charge in [0.2, 0.25) is 0 Å². The molecule has 1 aliphatic heterocycles. The Hall–Kier alpha value is -2.17. The number of carbonyl (C=O) groups is 2. The number of hydrogen-bond donors (Lipinski definition) is 1. The standard InChI is InChI=1S/C11H8FNO3/c12-7-1-3-8(4-2-7)13-6-5-9(10(13)14)11(15)16/h1-5H,6H2,(H,15,16). The topological polar surface area (TPSA) is 57.6 Å². The number of benzene rings is 1. The van der Waals surface area contributed by atoms with E-state index in [0.717, 1.165) is 0 Å². The van der Waals surface area contributed by atoms with Crippen LogP contribution in [0, 0.1) is 5.82 Å². The number of hydrogen-bond acceptors (Lipinski definition) is 2. The maximum absolute atomic E-state index is 12.7. The lowest BCUT2D eigenvalue weighted by molar-refractivity contribution is -0.134. The van der Waals surface area contributed by atoms with Gasteiger partial charge in [-0.15, -0.1) is 0 Å². The predicted octanol–water partition coefficient (Wildman–Crippen LogP) is 1.18. The molecule has 0 bridgehead atoms. The van der Waals surface area contributed by atoms with Crippen LogP contribution in [-0.2, 0) is 9.59 Å². The van der Waals surface area contributed by atoms with Crippen molar-refractivity contribution >= 4 is 17.6 Å². The Morgan fingerprint density at radius 2 is 1.94 bits per heavy atom. The van der Waals surface area contributed by atoms with Gasteiger partial charge < -0.3 is 10.0 Å². The van der Waals surface area contributed by atoms with Gasteiger partial charge in [0.05, 0.1) is 0 Å². The molecule has 82 valence electrons. The van der Waals surface area contributed by atoms with Gasteiger partial charge in [-0.05, 0) is 30.3 Å². The number of amides is 1. The summed E-state index contributed by atoms with van der Waals surface area (Å²) in [4.78, 5) is 23.6. The van der Waals surface area contributed by atoms with Crippen molar-refractivity contribution in [1.29, 1.82) is 0 Å². The summed E-state index contributed by atoms with van der Waals surface area (Å²) in [7, 11) is 0. The third-order valence-electron chi connectivity index (χ3n) is 2.32. The quantitative estimate of drug-likeness (QED) is 0.763. The first kappa shape index (κ1) is 10.4. The Kier molecular flexibility index (Phi) is 2.44. The molecule has 1 aromatic rings. The van der Waals surface area contributed by atoms with Crippen LogP contribution in [0.3, 0.4) is 0 Å². The molecule has 16 heavy (non-hydrogen) atoms. The molecule has 0 fully saturated rings. The predicted molar refractivity (Wildman–Crippen MR) is 54.5 cm³/mol. The lowest BCUT2D eigenvalue weighted by Gasteiger charge is -2.15. The molecule has 1 amide bonds. The van der Waals surface area contributed by atoms with Crippen LogP contribution in [0.1, 0.15) is 0 Å². The third-order valence-corrected chi connectivity index (χ3v) is 2.32. The third kappa shape index (κ3) is 1.67. The van der Waals surface area contributed by atoms with Crippen LogP contribution in [0.4, 0.5) is 10.1 Å². The van der Waals surface area contributed by atoms with E-state index in [2.05, 4.69) is 0 Å². The van der Waals surface area contributed by atoms with E-state index in [0.29, 0.717) is 5.69 Å². The lowest BCUT2D eigenvalue weighted by atomic mass is 10.2. The highest BCUT2D eigenvalue weighted by Gasteiger charge is 2.29. The van der Waals surface area contributed by atoms with Crippen LogP contribution in [0.25, 0.3) is 0 Å². The number of carbonyl (C=O) groups excluding carboxylic acids is 1. The molecule has 1 aromatic carbocycles. The van der Waals surface area contributed by atoms with Crippen molar-refractivity contribution in [3.05, 3.63) is 41.7 Å². The highest BCUT2D eigenvalue weighted by Crippen LogP contribution is 2.21. The summed E-state index contributed by atoms with van der Waals surface area (Å²) in [5.74, 6) is -2.21. The Labute approximate surface area is 90.6 Å². The second-order valence-electron chi connectivity index (χ2n) is 3.32. The minimum absolute atomic E-state index is 0.200. The van der Waals surface area contributed by atoms with Gasteiger partial charge in [-0.2, -0.15) is 0 Å². The molecule has 0 aromatic heterocycles. The summed E-state index contributed by atoms with van der Waals surface area (Å²) >= 11 is 0. The van der Waals surface area contributed by atoms with Crippen LogP contribution < -0.4 is 4.90 Å². The Balaban J connectivity index is 2.24. The van der Waals surface area contributed by atoms with E-state index in [-0.39, 0.29) is 12.1 Å². The highest BCUT2D eigenvalue weighted by atomic mass is 19.1. The summed E-state index contributed by atoms with van der Waals surface area (Å²) in [6.45, 7) is 0.200. The Morgan fingerprint density at radius 1 is 1.31 bits per heavy atom. The van der Waals surface area contributed by atoms with Crippen LogP contribution in [0.15, 0.2) is 35.9 Å². The maximum atomic E-state index is 12.7. The molecule has 1 aliphatic rings. The zero-order valence-corrected chi connectivity index (χ0v) is 8.18. The van der Waals surface area contributed by atoms with Gasteiger partial charge in [-0.3, -0.25) is 4.79 Å². The van der Waals surface area contributed by atoms with E-state index < -0.39 is 17.7 Å². The average molecular weight is 221 g/mol. The summed E-state index contributed by atoms with van der Waals surface area (Å²) < 4.78 is 12.7. The fraction of sp³-hybridized carbons (Fsp3) is 0.0909. The minimum Gasteiger partial charge on any atom is -0.478 e. The van der Waals surface area contributed by atoms with Crippen molar-refractivity contribution in [3.63, 3.8) is 0 Å². The minimum atomic E-state index is -1.24. The number of halogens is 1. The van der Waals surface area contributed by atoms with Gasteiger partial charge >= 0.3 is 5.97 Å². The molecule has 1 N–H and O–H groups in total. The molecule has 0 spiro atoms. The first-order valence-electron chi connectivity index (χ1n) is 4.60. The van der Waals surface area contributed by atoms with Crippen molar-refractivity contribution in [2.24, 2.45) is 0 Å². The SMILES string of the molecule is O=C(O)C1=CCN(c2ccc(F)cc2)C1=O. The fourth-order valence-electron chi connectivity index (χ4n) is 1.52. The van der Waals surface area contributed by atoms with Crippen LogP contribution >= 0.6 is 0 Å². The van der Waals surface area contributed by atoms with E-state index in [9.17, 15) is 14.0 Å². The molecule has 4 nitrogen and oxygen atoms in total. The largest absolute Gasteiger partial charge is 0.478 e. The van der Waals surface area contributed by atoms with Crippen molar-refractivity contribution in [3.8, 4) is 0 Å². The second-order valence-corrected chi connectivity index (χ2v) is 3.32. The number of nitrogens with zero attached hydrogens (tertiary/aromatic N) is 1. The molecule has 0 saturated carbocycles. The summed E-state index contributed by atoms with van der Waals surface area (Å²) in [6, 6.07) is 5.32. The molecule has 0 unspecified atom stereocenters. The molecule has 2 rings (SSSR count). The van der Waals surface area contributed by atoms with Crippen molar-refractivity contribution in [2.75, 3.05) is 11.4 Å². The van der Waals surface area contributed by atoms with Gasteiger partial charge in [-0.25, -0.2) is 9.18 Å². The number of rotatable bonds is 2. The molecule has 1 heterocycles. The van der Waals surface area contributed by atoms with E-state index >= 15 is 0 Å². The molecular weight excluding hydrogens is 213 g/mol. The summed E-state index contributed by atoms with van der Waals surface area (Å²) in [5.41, 5.74) is 0.239. The smallest absolute Gasteiger partial charge is 0.341 e. The van der Waals surface area contributed by atoms with Crippen LogP contribution in [0.2, 0.25) is 0 Å². The molecule has 0 atom stereocenters. The van der Waals surface area contributed by atoms with Gasteiger partial charge in [-0.1, -0.05) is 0 Å². The zero-order valence-electron chi connectivity index (χ0n) is 8.18. The van der Waals surface area contributed by atoms with E-state index in [1.807, 2.05) is 0 Å². The lowest BCUT2D eigenvalue weighted by Crippen LogP contribution is -2.28. The first-order chi connectivity index (χ1) is 7.59. The maximum Gasteiger partial charge on any atom is 0.341 e. The summed E-state index contributed by atoms with van der Waals surface area (Å²) in [5, 5.41) is 8.72. The van der Waals surface area contributed by atoms with Crippen LogP contribution in [-0.4, -0.2) is 23.5 Å². The average Bonchev–Trinajstić information content (AvgIpc) is 2.61. The van der Waals surface area contributed by atoms with Gasteiger partial charge in [0.25, 0.3) is 5.91 Å². The molecule has 0 aliphatic carbocycles. The second kappa shape index (κ2) is 3.77. The van der Waals surface area contributed by atoms with E-state index in [1.54, 1.807) is 0 Å². The van der Waals surface area contributed by atoms with Crippen molar-refractivity contribution in [2.45, 2.75) is 0 Å². The normalized spacial score (nSPS) is 15.2. The molecule has 0 radical (unpaired) electrons. The fourth-order valence-corrected chi connectivity index (χ4v) is 1.52. The number of carboxylic acids is 1. The molecule has 5 heteroatoms. The number of carboxylic acid groups (broad SMARTS) is 1. The van der Waals surface area contributed by atoms with E-state index in [4.69, 9.17) is 5.11 Å². The monoisotopic (exact) mass is 221 g/mol.